The lowest BCUT2D eigenvalue weighted by Crippen LogP contribution is -2.32. The number of likely N-dealkylation sites (tertiary alicyclic amines) is 1. The summed E-state index contributed by atoms with van der Waals surface area (Å²) in [5.41, 5.74) is 4.07. The number of aromatic carboxylic acids is 1. The summed E-state index contributed by atoms with van der Waals surface area (Å²) in [5, 5.41) is 12.8. The van der Waals surface area contributed by atoms with Gasteiger partial charge in [-0.25, -0.2) is 9.18 Å². The van der Waals surface area contributed by atoms with Crippen LogP contribution >= 0.6 is 0 Å². The quantitative estimate of drug-likeness (QED) is 0.225. The van der Waals surface area contributed by atoms with Crippen LogP contribution in [0, 0.1) is 11.7 Å². The van der Waals surface area contributed by atoms with Crippen molar-refractivity contribution < 1.29 is 28.2 Å². The highest BCUT2D eigenvalue weighted by atomic mass is 19.1. The van der Waals surface area contributed by atoms with Crippen molar-refractivity contribution in [1.82, 2.24) is 9.88 Å². The second kappa shape index (κ2) is 11.4. The van der Waals surface area contributed by atoms with Gasteiger partial charge in [-0.3, -0.25) is 4.90 Å². The zero-order chi connectivity index (χ0) is 28.5. The highest BCUT2D eigenvalue weighted by Gasteiger charge is 2.44. The molecule has 0 amide bonds. The normalized spacial score (nSPS) is 20.3. The first-order chi connectivity index (χ1) is 19.9. The van der Waals surface area contributed by atoms with Crippen LogP contribution in [0.5, 0.6) is 11.5 Å². The number of carbonyl (C=O) groups is 1. The Morgan fingerprint density at radius 3 is 2.63 bits per heavy atom. The van der Waals surface area contributed by atoms with Gasteiger partial charge >= 0.3 is 5.97 Å². The number of aromatic nitrogens is 1. The molecule has 8 nitrogen and oxygen atoms in total. The van der Waals surface area contributed by atoms with Crippen LogP contribution in [0.4, 0.5) is 10.4 Å². The van der Waals surface area contributed by atoms with Crippen LogP contribution < -0.4 is 14.8 Å². The predicted molar refractivity (Wildman–Crippen MR) is 154 cm³/mol. The molecule has 0 spiro atoms. The molecule has 1 saturated heterocycles. The number of hydrogen-bond acceptors (Lipinski definition) is 7. The summed E-state index contributed by atoms with van der Waals surface area (Å²) < 4.78 is 31.8. The molecule has 2 N–H and O–H groups in total. The van der Waals surface area contributed by atoms with E-state index < -0.39 is 5.97 Å². The molecular formula is C32H34FN3O5. The minimum atomic E-state index is -0.993. The molecule has 1 saturated carbocycles. The minimum Gasteiger partial charge on any atom is -0.493 e. The second-order valence-electron chi connectivity index (χ2n) is 10.6. The van der Waals surface area contributed by atoms with E-state index in [2.05, 4.69) is 21.3 Å². The number of hydrogen-bond donors (Lipinski definition) is 2. The van der Waals surface area contributed by atoms with Crippen molar-refractivity contribution in [2.24, 2.45) is 5.92 Å². The highest BCUT2D eigenvalue weighted by molar-refractivity contribution is 5.92. The van der Waals surface area contributed by atoms with Gasteiger partial charge in [0.25, 0.3) is 6.01 Å². The van der Waals surface area contributed by atoms with Crippen molar-refractivity contribution in [3.05, 3.63) is 71.5 Å². The molecular weight excluding hydrogens is 525 g/mol. The number of halogens is 1. The number of carboxylic acid groups (broad SMARTS) is 1. The Morgan fingerprint density at radius 1 is 1.07 bits per heavy atom. The number of anilines is 1. The van der Waals surface area contributed by atoms with E-state index in [0.717, 1.165) is 60.5 Å². The Bertz CT molecular complexity index is 1550. The van der Waals surface area contributed by atoms with Crippen molar-refractivity contribution in [2.45, 2.75) is 51.7 Å². The fourth-order valence-corrected chi connectivity index (χ4v) is 6.45. The van der Waals surface area contributed by atoms with Crippen molar-refractivity contribution in [3.8, 4) is 22.6 Å². The molecule has 1 aliphatic carbocycles. The maximum Gasteiger partial charge on any atom is 0.335 e. The number of fused-ring (bicyclic) bond motifs is 2. The zero-order valence-corrected chi connectivity index (χ0v) is 23.2. The van der Waals surface area contributed by atoms with Gasteiger partial charge in [-0.2, -0.15) is 4.98 Å². The van der Waals surface area contributed by atoms with E-state index in [1.54, 1.807) is 18.2 Å². The third kappa shape index (κ3) is 5.34. The Hall–Kier alpha value is -4.11. The average Bonchev–Trinajstić information content (AvgIpc) is 3.67. The molecule has 3 unspecified atom stereocenters. The number of rotatable bonds is 10. The van der Waals surface area contributed by atoms with Gasteiger partial charge in [-0.05, 0) is 87.5 Å². The zero-order valence-electron chi connectivity index (χ0n) is 23.2. The largest absolute Gasteiger partial charge is 0.493 e. The third-order valence-electron chi connectivity index (χ3n) is 8.24. The molecule has 214 valence electrons. The lowest BCUT2D eigenvalue weighted by atomic mass is 9.98. The number of ether oxygens (including phenoxy) is 2. The minimum absolute atomic E-state index is 0.177. The summed E-state index contributed by atoms with van der Waals surface area (Å²) in [6.07, 6.45) is 3.10. The molecule has 9 heteroatoms. The molecule has 3 atom stereocenters. The molecule has 1 aromatic heterocycles. The lowest BCUT2D eigenvalue weighted by Gasteiger charge is -2.26. The first-order valence-electron chi connectivity index (χ1n) is 14.3. The van der Waals surface area contributed by atoms with E-state index in [9.17, 15) is 14.3 Å². The monoisotopic (exact) mass is 559 g/mol. The number of carboxylic acids is 1. The van der Waals surface area contributed by atoms with Gasteiger partial charge in [0.05, 0.1) is 24.3 Å². The Kier molecular flexibility index (Phi) is 7.53. The molecule has 0 bridgehead atoms. The van der Waals surface area contributed by atoms with Gasteiger partial charge in [-0.15, -0.1) is 0 Å². The third-order valence-corrected chi connectivity index (χ3v) is 8.24. The SMILES string of the molecule is CCOc1ccc(CN2CCC3C(Nc4nc5ccc(C(=O)O)cc5o4)CCC32)c(OCC)c1-c1ccc(F)cc1. The summed E-state index contributed by atoms with van der Waals surface area (Å²) in [7, 11) is 0. The smallest absolute Gasteiger partial charge is 0.335 e. The van der Waals surface area contributed by atoms with Crippen molar-refractivity contribution in [2.75, 3.05) is 25.1 Å². The second-order valence-corrected chi connectivity index (χ2v) is 10.6. The average molecular weight is 560 g/mol. The fourth-order valence-electron chi connectivity index (χ4n) is 6.45. The molecule has 2 aliphatic rings. The standard InChI is InChI=1S/C32H34FN3O5/c1-3-39-27-14-8-21(30(40-4-2)29(27)19-5-9-22(33)10-6-19)18-36-16-15-23-24(12-13-26(23)36)34-32-35-25-11-7-20(31(37)38)17-28(25)41-32/h5-11,14,17,23-24,26H,3-4,12-13,15-16,18H2,1-2H3,(H,34,35)(H,37,38). The first kappa shape index (κ1) is 27.1. The van der Waals surface area contributed by atoms with Gasteiger partial charge in [-0.1, -0.05) is 18.2 Å². The maximum absolute atomic E-state index is 13.7. The summed E-state index contributed by atoms with van der Waals surface area (Å²) in [4.78, 5) is 18.4. The van der Waals surface area contributed by atoms with Crippen LogP contribution in [0.3, 0.4) is 0 Å². The molecule has 0 radical (unpaired) electrons. The van der Waals surface area contributed by atoms with Crippen LogP contribution in [-0.4, -0.2) is 52.8 Å². The first-order valence-corrected chi connectivity index (χ1v) is 14.3. The van der Waals surface area contributed by atoms with Crippen molar-refractivity contribution in [1.29, 1.82) is 0 Å². The van der Waals surface area contributed by atoms with Gasteiger partial charge < -0.3 is 24.3 Å². The molecule has 1 aliphatic heterocycles. The molecule has 3 aromatic carbocycles. The Labute approximate surface area is 238 Å². The summed E-state index contributed by atoms with van der Waals surface area (Å²) in [6.45, 7) is 6.65. The van der Waals surface area contributed by atoms with E-state index in [-0.39, 0.29) is 17.4 Å². The van der Waals surface area contributed by atoms with E-state index in [0.29, 0.717) is 42.3 Å². The predicted octanol–water partition coefficient (Wildman–Crippen LogP) is 6.59. The molecule has 2 heterocycles. The van der Waals surface area contributed by atoms with E-state index in [4.69, 9.17) is 13.9 Å². The van der Waals surface area contributed by atoms with Crippen LogP contribution in [0.15, 0.2) is 59.0 Å². The summed E-state index contributed by atoms with van der Waals surface area (Å²) >= 11 is 0. The van der Waals surface area contributed by atoms with Gasteiger partial charge in [0.2, 0.25) is 0 Å². The molecule has 41 heavy (non-hydrogen) atoms. The summed E-state index contributed by atoms with van der Waals surface area (Å²) in [6, 6.07) is 16.3. The summed E-state index contributed by atoms with van der Waals surface area (Å²) in [5.74, 6) is 0.677. The van der Waals surface area contributed by atoms with Gasteiger partial charge in [0, 0.05) is 24.2 Å². The van der Waals surface area contributed by atoms with E-state index >= 15 is 0 Å². The van der Waals surface area contributed by atoms with Crippen LogP contribution in [0.2, 0.25) is 0 Å². The van der Waals surface area contributed by atoms with Crippen LogP contribution in [0.25, 0.3) is 22.2 Å². The molecule has 6 rings (SSSR count). The fraction of sp³-hybridized carbons (Fsp3) is 0.375. The lowest BCUT2D eigenvalue weighted by molar-refractivity contribution is 0.0697. The maximum atomic E-state index is 13.7. The Morgan fingerprint density at radius 2 is 1.88 bits per heavy atom. The molecule has 2 fully saturated rings. The number of nitrogens with one attached hydrogen (secondary N) is 1. The number of nitrogens with zero attached hydrogens (tertiary/aromatic N) is 2. The van der Waals surface area contributed by atoms with Gasteiger partial charge in [0.1, 0.15) is 22.8 Å². The van der Waals surface area contributed by atoms with Crippen molar-refractivity contribution >= 4 is 23.1 Å². The van der Waals surface area contributed by atoms with E-state index in [1.165, 1.54) is 24.3 Å². The Balaban J connectivity index is 1.22. The molecule has 4 aromatic rings. The van der Waals surface area contributed by atoms with Gasteiger partial charge in [0.15, 0.2) is 5.58 Å². The number of oxazole rings is 1. The number of benzene rings is 3. The van der Waals surface area contributed by atoms with E-state index in [1.807, 2.05) is 19.9 Å². The van der Waals surface area contributed by atoms with Crippen LogP contribution in [0.1, 0.15) is 49.0 Å². The van der Waals surface area contributed by atoms with Crippen LogP contribution in [-0.2, 0) is 6.54 Å². The van der Waals surface area contributed by atoms with Crippen molar-refractivity contribution in [3.63, 3.8) is 0 Å². The topological polar surface area (TPSA) is 97.1 Å². The highest BCUT2D eigenvalue weighted by Crippen LogP contribution is 2.45.